The summed E-state index contributed by atoms with van der Waals surface area (Å²) >= 11 is 0. The zero-order chi connectivity index (χ0) is 25.8. The fourth-order valence-electron chi connectivity index (χ4n) is 4.14. The number of piperidine rings is 1. The number of ether oxygens (including phenoxy) is 1. The zero-order valence-electron chi connectivity index (χ0n) is 19.2. The minimum absolute atomic E-state index is 0.0361. The van der Waals surface area contributed by atoms with Gasteiger partial charge in [-0.25, -0.2) is 17.9 Å². The molecule has 1 fully saturated rings. The van der Waals surface area contributed by atoms with Gasteiger partial charge in [0.1, 0.15) is 35.3 Å². The molecular weight excluding hydrogens is 475 g/mol. The van der Waals surface area contributed by atoms with Crippen molar-refractivity contribution in [3.8, 4) is 22.8 Å². The van der Waals surface area contributed by atoms with Crippen molar-refractivity contribution in [2.75, 3.05) is 25.5 Å². The molecule has 2 amide bonds. The van der Waals surface area contributed by atoms with E-state index in [1.165, 1.54) is 29.0 Å². The van der Waals surface area contributed by atoms with Gasteiger partial charge in [-0.3, -0.25) is 9.59 Å². The summed E-state index contributed by atoms with van der Waals surface area (Å²) in [5.41, 5.74) is 12.7. The summed E-state index contributed by atoms with van der Waals surface area (Å²) in [4.78, 5) is 26.1. The maximum atomic E-state index is 13.9. The summed E-state index contributed by atoms with van der Waals surface area (Å²) in [7, 11) is 0. The third-order valence-electron chi connectivity index (χ3n) is 5.85. The Labute approximate surface area is 204 Å². The van der Waals surface area contributed by atoms with Gasteiger partial charge in [-0.2, -0.15) is 5.10 Å². The number of anilines is 1. The number of primary amides is 1. The number of aromatic nitrogens is 2. The topological polar surface area (TPSA) is 116 Å². The molecule has 1 atom stereocenters. The Balaban J connectivity index is 1.60. The van der Waals surface area contributed by atoms with Crippen molar-refractivity contribution in [1.29, 1.82) is 0 Å². The van der Waals surface area contributed by atoms with Gasteiger partial charge in [0, 0.05) is 30.8 Å². The molecule has 1 aromatic heterocycles. The fraction of sp³-hybridized carbons (Fsp3) is 0.240. The van der Waals surface area contributed by atoms with Gasteiger partial charge in [0.15, 0.2) is 11.6 Å². The van der Waals surface area contributed by atoms with Gasteiger partial charge in [-0.05, 0) is 55.3 Å². The summed E-state index contributed by atoms with van der Waals surface area (Å²) in [6.07, 6.45) is 3.68. The molecule has 8 nitrogen and oxygen atoms in total. The molecule has 4 N–H and O–H groups in total. The quantitative estimate of drug-likeness (QED) is 0.477. The molecule has 11 heteroatoms. The summed E-state index contributed by atoms with van der Waals surface area (Å²) in [6.45, 7) is 0.0664. The van der Waals surface area contributed by atoms with Crippen molar-refractivity contribution >= 4 is 17.6 Å². The average Bonchev–Trinajstić information content (AvgIpc) is 3.22. The van der Waals surface area contributed by atoms with Crippen LogP contribution in [0.1, 0.15) is 29.2 Å². The van der Waals surface area contributed by atoms with Crippen LogP contribution in [0.2, 0.25) is 0 Å². The normalized spacial score (nSPS) is 15.9. The van der Waals surface area contributed by atoms with Crippen molar-refractivity contribution in [3.05, 3.63) is 71.8 Å². The molecule has 4 rings (SSSR count). The number of benzene rings is 2. The molecule has 1 aliphatic heterocycles. The Morgan fingerprint density at radius 2 is 1.92 bits per heavy atom. The van der Waals surface area contributed by atoms with E-state index in [0.29, 0.717) is 24.9 Å². The number of nitrogen functional groups attached to an aromatic ring is 1. The SMILES string of the molecule is NC(=O)c1c(-c2ccc(Oc3ccc(F)cc3F)cc2)nn([C@@H]2CCCN(C(=O)/C=C/CF)C2)c1N. The lowest BCUT2D eigenvalue weighted by Gasteiger charge is -2.32. The molecule has 188 valence electrons. The number of nitrogens with zero attached hydrogens (tertiary/aromatic N) is 3. The Morgan fingerprint density at radius 3 is 2.58 bits per heavy atom. The van der Waals surface area contributed by atoms with E-state index in [-0.39, 0.29) is 47.1 Å². The van der Waals surface area contributed by atoms with E-state index in [2.05, 4.69) is 5.10 Å². The van der Waals surface area contributed by atoms with Crippen LogP contribution in [0.25, 0.3) is 11.3 Å². The number of allylic oxidation sites excluding steroid dienone is 1. The van der Waals surface area contributed by atoms with E-state index >= 15 is 0 Å². The number of alkyl halides is 1. The largest absolute Gasteiger partial charge is 0.454 e. The number of likely N-dealkylation sites (tertiary alicyclic amines) is 1. The Kier molecular flexibility index (Phi) is 7.28. The molecule has 1 saturated heterocycles. The second-order valence-corrected chi connectivity index (χ2v) is 8.26. The lowest BCUT2D eigenvalue weighted by atomic mass is 10.1. The first kappa shape index (κ1) is 24.8. The molecule has 0 radical (unpaired) electrons. The maximum Gasteiger partial charge on any atom is 0.254 e. The monoisotopic (exact) mass is 499 g/mol. The highest BCUT2D eigenvalue weighted by Crippen LogP contribution is 2.33. The van der Waals surface area contributed by atoms with Crippen molar-refractivity contribution in [2.24, 2.45) is 5.73 Å². The van der Waals surface area contributed by atoms with E-state index in [1.54, 1.807) is 17.0 Å². The minimum atomic E-state index is -0.846. The molecule has 0 spiro atoms. The lowest BCUT2D eigenvalue weighted by Crippen LogP contribution is -2.40. The van der Waals surface area contributed by atoms with Crippen molar-refractivity contribution in [1.82, 2.24) is 14.7 Å². The first-order chi connectivity index (χ1) is 17.3. The highest BCUT2D eigenvalue weighted by atomic mass is 19.1. The van der Waals surface area contributed by atoms with Gasteiger partial charge in [0.05, 0.1) is 6.04 Å². The number of hydrogen-bond donors (Lipinski definition) is 2. The molecule has 0 aliphatic carbocycles. The summed E-state index contributed by atoms with van der Waals surface area (Å²) < 4.78 is 46.4. The van der Waals surface area contributed by atoms with E-state index < -0.39 is 24.2 Å². The fourth-order valence-corrected chi connectivity index (χ4v) is 4.14. The molecule has 3 aromatic rings. The smallest absolute Gasteiger partial charge is 0.254 e. The summed E-state index contributed by atoms with van der Waals surface area (Å²) in [6, 6.07) is 8.96. The number of hydrogen-bond acceptors (Lipinski definition) is 5. The molecule has 2 heterocycles. The van der Waals surface area contributed by atoms with Crippen LogP contribution in [0.15, 0.2) is 54.6 Å². The molecule has 0 unspecified atom stereocenters. The first-order valence-electron chi connectivity index (χ1n) is 11.2. The van der Waals surface area contributed by atoms with E-state index in [9.17, 15) is 22.8 Å². The number of nitrogens with two attached hydrogens (primary N) is 2. The summed E-state index contributed by atoms with van der Waals surface area (Å²) in [5.74, 6) is -2.44. The van der Waals surface area contributed by atoms with Gasteiger partial charge < -0.3 is 21.1 Å². The van der Waals surface area contributed by atoms with E-state index in [1.807, 2.05) is 0 Å². The van der Waals surface area contributed by atoms with Crippen LogP contribution in [0.4, 0.5) is 19.0 Å². The van der Waals surface area contributed by atoms with Crippen LogP contribution >= 0.6 is 0 Å². The number of carbonyl (C=O) groups is 2. The molecule has 0 bridgehead atoms. The summed E-state index contributed by atoms with van der Waals surface area (Å²) in [5, 5.41) is 4.55. The van der Waals surface area contributed by atoms with Gasteiger partial charge in [-0.15, -0.1) is 0 Å². The Hall–Kier alpha value is -4.28. The molecule has 1 aliphatic rings. The van der Waals surface area contributed by atoms with Crippen LogP contribution in [0.3, 0.4) is 0 Å². The first-order valence-corrected chi connectivity index (χ1v) is 11.2. The molecule has 0 saturated carbocycles. The Bertz CT molecular complexity index is 1310. The molecule has 36 heavy (non-hydrogen) atoms. The Morgan fingerprint density at radius 1 is 1.17 bits per heavy atom. The predicted molar refractivity (Wildman–Crippen MR) is 127 cm³/mol. The van der Waals surface area contributed by atoms with E-state index in [4.69, 9.17) is 16.2 Å². The van der Waals surface area contributed by atoms with Gasteiger partial charge in [0.25, 0.3) is 5.91 Å². The maximum absolute atomic E-state index is 13.9. The minimum Gasteiger partial charge on any atom is -0.454 e. The van der Waals surface area contributed by atoms with E-state index in [0.717, 1.165) is 18.2 Å². The van der Waals surface area contributed by atoms with Gasteiger partial charge in [0.2, 0.25) is 5.91 Å². The van der Waals surface area contributed by atoms with Crippen LogP contribution in [-0.2, 0) is 4.79 Å². The number of carbonyl (C=O) groups excluding carboxylic acids is 2. The third kappa shape index (κ3) is 5.19. The van der Waals surface area contributed by atoms with Crippen LogP contribution < -0.4 is 16.2 Å². The van der Waals surface area contributed by atoms with Gasteiger partial charge in [-0.1, -0.05) is 0 Å². The number of amides is 2. The lowest BCUT2D eigenvalue weighted by molar-refractivity contribution is -0.127. The van der Waals surface area contributed by atoms with Crippen molar-refractivity contribution < 1.29 is 27.5 Å². The standard InChI is InChI=1S/C25H24F3N5O3/c26-11-1-4-21(34)32-12-2-3-17(14-32)33-24(29)22(25(30)35)23(31-33)15-5-8-18(9-6-15)36-20-10-7-16(27)13-19(20)28/h1,4-10,13,17H,2-3,11-12,14,29H2,(H2,30,35)/b4-1+/t17-/m1/s1. The highest BCUT2D eigenvalue weighted by molar-refractivity contribution is 6.03. The molecule has 2 aromatic carbocycles. The van der Waals surface area contributed by atoms with Gasteiger partial charge >= 0.3 is 0 Å². The predicted octanol–water partition coefficient (Wildman–Crippen LogP) is 3.99. The van der Waals surface area contributed by atoms with Crippen LogP contribution in [0, 0.1) is 11.6 Å². The number of rotatable bonds is 7. The second-order valence-electron chi connectivity index (χ2n) is 8.26. The van der Waals surface area contributed by atoms with Crippen LogP contribution in [-0.4, -0.2) is 46.3 Å². The van der Waals surface area contributed by atoms with Crippen LogP contribution in [0.5, 0.6) is 11.5 Å². The molecular formula is C25H24F3N5O3. The second kappa shape index (κ2) is 10.5. The van der Waals surface area contributed by atoms with Crippen molar-refractivity contribution in [3.63, 3.8) is 0 Å². The third-order valence-corrected chi connectivity index (χ3v) is 5.85. The highest BCUT2D eigenvalue weighted by Gasteiger charge is 2.29. The van der Waals surface area contributed by atoms with Crippen molar-refractivity contribution in [2.45, 2.75) is 18.9 Å². The zero-order valence-corrected chi connectivity index (χ0v) is 19.2. The average molecular weight is 499 g/mol. The number of halogens is 3.